The number of carbonyl (C=O) groups excluding carboxylic acids is 1. The number of amides is 1. The highest BCUT2D eigenvalue weighted by Crippen LogP contribution is 2.53. The molecule has 2 aromatic heterocycles. The summed E-state index contributed by atoms with van der Waals surface area (Å²) >= 11 is 0. The van der Waals surface area contributed by atoms with Crippen LogP contribution in [0.5, 0.6) is 0 Å². The second kappa shape index (κ2) is 6.21. The SMILES string of the molecule is CO[C@@H]1/C(=N/O)C[C@H]2O[C@]1(C)n1c3ccccc3c3c4c(c5c6ccccc6n2c5c31)C(=O)NC4. The average molecular weight is 466 g/mol. The van der Waals surface area contributed by atoms with Crippen LogP contribution in [0.2, 0.25) is 0 Å². The van der Waals surface area contributed by atoms with Gasteiger partial charge < -0.3 is 29.1 Å². The van der Waals surface area contributed by atoms with Gasteiger partial charge in [0.25, 0.3) is 5.91 Å². The zero-order valence-electron chi connectivity index (χ0n) is 19.2. The van der Waals surface area contributed by atoms with Crippen molar-refractivity contribution in [3.63, 3.8) is 0 Å². The summed E-state index contributed by atoms with van der Waals surface area (Å²) in [5, 5.41) is 20.9. The molecule has 35 heavy (non-hydrogen) atoms. The predicted molar refractivity (Wildman–Crippen MR) is 132 cm³/mol. The van der Waals surface area contributed by atoms with E-state index in [1.54, 1.807) is 7.11 Å². The third-order valence-electron chi connectivity index (χ3n) is 8.16. The molecule has 8 rings (SSSR count). The largest absolute Gasteiger partial charge is 0.411 e. The van der Waals surface area contributed by atoms with Crippen molar-refractivity contribution in [1.29, 1.82) is 0 Å². The highest BCUT2D eigenvalue weighted by molar-refractivity contribution is 6.31. The second-order valence-electron chi connectivity index (χ2n) is 9.76. The maximum absolute atomic E-state index is 13.3. The van der Waals surface area contributed by atoms with E-state index >= 15 is 0 Å². The Hall–Kier alpha value is -3.88. The van der Waals surface area contributed by atoms with Gasteiger partial charge in [-0.15, -0.1) is 0 Å². The van der Waals surface area contributed by atoms with E-state index in [4.69, 9.17) is 9.47 Å². The summed E-state index contributed by atoms with van der Waals surface area (Å²) in [5.41, 5.74) is 5.24. The Balaban J connectivity index is 1.74. The van der Waals surface area contributed by atoms with Gasteiger partial charge in [-0.25, -0.2) is 0 Å². The first-order valence-corrected chi connectivity index (χ1v) is 11.8. The number of nitrogens with zero attached hydrogens (tertiary/aromatic N) is 3. The molecular weight excluding hydrogens is 444 g/mol. The number of fused-ring (bicyclic) bond motifs is 13. The molecule has 0 saturated carbocycles. The number of nitrogens with one attached hydrogen (secondary N) is 1. The molecule has 1 amide bonds. The third-order valence-corrected chi connectivity index (χ3v) is 8.16. The number of rotatable bonds is 1. The normalized spacial score (nSPS) is 26.3. The van der Waals surface area contributed by atoms with Gasteiger partial charge in [-0.05, 0) is 24.6 Å². The molecule has 3 aliphatic heterocycles. The molecule has 3 atom stereocenters. The van der Waals surface area contributed by atoms with Gasteiger partial charge in [-0.1, -0.05) is 41.6 Å². The van der Waals surface area contributed by atoms with Gasteiger partial charge in [0.05, 0.1) is 33.3 Å². The Morgan fingerprint density at radius 1 is 1.09 bits per heavy atom. The van der Waals surface area contributed by atoms with Crippen LogP contribution < -0.4 is 5.32 Å². The molecule has 0 spiro atoms. The van der Waals surface area contributed by atoms with Crippen LogP contribution in [0.4, 0.5) is 0 Å². The minimum absolute atomic E-state index is 0.0478. The number of ether oxygens (including phenoxy) is 2. The van der Waals surface area contributed by atoms with Crippen molar-refractivity contribution in [1.82, 2.24) is 14.5 Å². The van der Waals surface area contributed by atoms with E-state index in [1.165, 1.54) is 0 Å². The summed E-state index contributed by atoms with van der Waals surface area (Å²) in [4.78, 5) is 13.3. The molecule has 3 aromatic carbocycles. The Morgan fingerprint density at radius 2 is 1.80 bits per heavy atom. The number of hydrogen-bond donors (Lipinski definition) is 2. The molecule has 5 heterocycles. The molecule has 3 aliphatic rings. The van der Waals surface area contributed by atoms with Crippen molar-refractivity contribution in [2.45, 2.75) is 37.9 Å². The van der Waals surface area contributed by atoms with Crippen LogP contribution in [0.3, 0.4) is 0 Å². The summed E-state index contributed by atoms with van der Waals surface area (Å²) in [6, 6.07) is 16.4. The van der Waals surface area contributed by atoms with Crippen LogP contribution in [0.15, 0.2) is 53.7 Å². The van der Waals surface area contributed by atoms with Gasteiger partial charge in [-0.3, -0.25) is 4.79 Å². The molecule has 8 nitrogen and oxygen atoms in total. The van der Waals surface area contributed by atoms with E-state index in [1.807, 2.05) is 31.2 Å². The lowest BCUT2D eigenvalue weighted by atomic mass is 9.95. The molecule has 174 valence electrons. The molecule has 0 radical (unpaired) electrons. The maximum atomic E-state index is 13.3. The van der Waals surface area contributed by atoms with Crippen molar-refractivity contribution in [2.75, 3.05) is 7.11 Å². The molecule has 0 aliphatic carbocycles. The zero-order chi connectivity index (χ0) is 23.6. The molecule has 0 unspecified atom stereocenters. The lowest BCUT2D eigenvalue weighted by molar-refractivity contribution is -0.211. The summed E-state index contributed by atoms with van der Waals surface area (Å²) in [6.07, 6.45) is -0.669. The summed E-state index contributed by atoms with van der Waals surface area (Å²) in [7, 11) is 1.62. The molecule has 2 bridgehead atoms. The third kappa shape index (κ3) is 2.04. The Labute approximate surface area is 199 Å². The van der Waals surface area contributed by atoms with Gasteiger partial charge >= 0.3 is 0 Å². The van der Waals surface area contributed by atoms with Crippen LogP contribution >= 0.6 is 0 Å². The van der Waals surface area contributed by atoms with E-state index in [-0.39, 0.29) is 5.91 Å². The fourth-order valence-electron chi connectivity index (χ4n) is 6.98. The van der Waals surface area contributed by atoms with Crippen molar-refractivity contribution in [2.24, 2.45) is 5.16 Å². The first-order valence-electron chi connectivity index (χ1n) is 11.8. The summed E-state index contributed by atoms with van der Waals surface area (Å²) < 4.78 is 17.3. The smallest absolute Gasteiger partial charge is 0.252 e. The van der Waals surface area contributed by atoms with E-state index in [0.29, 0.717) is 18.7 Å². The van der Waals surface area contributed by atoms with Gasteiger partial charge in [0.2, 0.25) is 0 Å². The quantitative estimate of drug-likeness (QED) is 0.279. The van der Waals surface area contributed by atoms with E-state index in [2.05, 4.69) is 43.9 Å². The lowest BCUT2D eigenvalue weighted by Gasteiger charge is -2.44. The number of carbonyl (C=O) groups is 1. The van der Waals surface area contributed by atoms with Crippen LogP contribution in [-0.4, -0.2) is 39.2 Å². The molecule has 8 heteroatoms. The van der Waals surface area contributed by atoms with Crippen molar-refractivity contribution in [3.05, 3.63) is 59.7 Å². The maximum Gasteiger partial charge on any atom is 0.252 e. The highest BCUT2D eigenvalue weighted by Gasteiger charge is 2.52. The van der Waals surface area contributed by atoms with E-state index < -0.39 is 18.1 Å². The van der Waals surface area contributed by atoms with Crippen molar-refractivity contribution >= 4 is 55.2 Å². The molecule has 1 fully saturated rings. The number of para-hydroxylation sites is 2. The van der Waals surface area contributed by atoms with Crippen LogP contribution in [-0.2, 0) is 21.7 Å². The van der Waals surface area contributed by atoms with Gasteiger partial charge in [0.15, 0.2) is 5.72 Å². The lowest BCUT2D eigenvalue weighted by Crippen LogP contribution is -2.54. The zero-order valence-corrected chi connectivity index (χ0v) is 19.2. The number of oxime groups is 1. The molecular formula is C27H22N4O4. The second-order valence-corrected chi connectivity index (χ2v) is 9.76. The van der Waals surface area contributed by atoms with Crippen LogP contribution in [0.25, 0.3) is 43.6 Å². The fraction of sp³-hybridized carbons (Fsp3) is 0.259. The standard InChI is InChI=1S/C27H22N4O4/c1-27-25(34-2)16(29-33)11-19(35-27)30-17-9-5-3-7-13(17)21-22-15(12-28-26(22)32)20-14-8-4-6-10-18(14)31(27)24(20)23(21)30/h3-10,19,25,33H,11-12H2,1-2H3,(H,28,32)/b29-16+/t19-,25-,27+/m1/s1. The number of hydrogen-bond acceptors (Lipinski definition) is 5. The van der Waals surface area contributed by atoms with E-state index in [9.17, 15) is 10.0 Å². The number of aromatic nitrogens is 2. The average Bonchev–Trinajstić information content (AvgIpc) is 3.51. The topological polar surface area (TPSA) is 90.0 Å². The van der Waals surface area contributed by atoms with Gasteiger partial charge in [0.1, 0.15) is 12.3 Å². The molecule has 2 N–H and O–H groups in total. The Kier molecular flexibility index (Phi) is 3.45. The van der Waals surface area contributed by atoms with Crippen molar-refractivity contribution < 1.29 is 19.5 Å². The van der Waals surface area contributed by atoms with Crippen LogP contribution in [0.1, 0.15) is 35.5 Å². The van der Waals surface area contributed by atoms with Crippen molar-refractivity contribution in [3.8, 4) is 0 Å². The molecule has 1 saturated heterocycles. The monoisotopic (exact) mass is 466 g/mol. The summed E-state index contributed by atoms with van der Waals surface area (Å²) in [5.74, 6) is -0.0478. The first kappa shape index (κ1) is 19.4. The van der Waals surface area contributed by atoms with Gasteiger partial charge in [-0.2, -0.15) is 0 Å². The minimum atomic E-state index is -0.988. The Bertz CT molecular complexity index is 1810. The fourth-order valence-corrected chi connectivity index (χ4v) is 6.98. The summed E-state index contributed by atoms with van der Waals surface area (Å²) in [6.45, 7) is 2.48. The van der Waals surface area contributed by atoms with Gasteiger partial charge in [0, 0.05) is 41.6 Å². The Morgan fingerprint density at radius 3 is 2.54 bits per heavy atom. The predicted octanol–water partition coefficient (Wildman–Crippen LogP) is 4.60. The number of benzene rings is 3. The first-order chi connectivity index (χ1) is 17.1. The van der Waals surface area contributed by atoms with E-state index in [0.717, 1.165) is 54.7 Å². The molecule has 5 aromatic rings. The number of methoxy groups -OCH3 is 1. The highest BCUT2D eigenvalue weighted by atomic mass is 16.6. The minimum Gasteiger partial charge on any atom is -0.411 e. The van der Waals surface area contributed by atoms with Crippen LogP contribution in [0, 0.1) is 0 Å².